The highest BCUT2D eigenvalue weighted by atomic mass is 16.3. The van der Waals surface area contributed by atoms with E-state index in [1.54, 1.807) is 24.3 Å². The van der Waals surface area contributed by atoms with E-state index in [0.29, 0.717) is 5.70 Å². The van der Waals surface area contributed by atoms with Crippen molar-refractivity contribution in [2.75, 3.05) is 0 Å². The molecule has 1 aromatic rings. The summed E-state index contributed by atoms with van der Waals surface area (Å²) in [5.74, 6) is 0.149. The van der Waals surface area contributed by atoms with Crippen molar-refractivity contribution >= 4 is 5.70 Å². The summed E-state index contributed by atoms with van der Waals surface area (Å²) in [6.07, 6.45) is 8.73. The molecule has 3 nitrogen and oxygen atoms in total. The van der Waals surface area contributed by atoms with Crippen molar-refractivity contribution in [1.29, 1.82) is 0 Å². The molecule has 3 heteroatoms. The topological polar surface area (TPSA) is 38.0 Å². The third kappa shape index (κ3) is 2.31. The molecule has 0 fully saturated rings. The monoisotopic (exact) mass is 216 g/mol. The Bertz CT molecular complexity index is 465. The van der Waals surface area contributed by atoms with E-state index < -0.39 is 0 Å². The van der Waals surface area contributed by atoms with Gasteiger partial charge in [0.2, 0.25) is 5.88 Å². The minimum absolute atomic E-state index is 0.149. The second-order valence-corrected chi connectivity index (χ2v) is 3.36. The number of aromatic hydroxyl groups is 1. The van der Waals surface area contributed by atoms with Crippen LogP contribution in [0.3, 0.4) is 0 Å². The summed E-state index contributed by atoms with van der Waals surface area (Å²) in [6.45, 7) is 11.0. The van der Waals surface area contributed by atoms with Crippen LogP contribution in [0, 0.1) is 13.8 Å². The first kappa shape index (κ1) is 12.0. The van der Waals surface area contributed by atoms with Gasteiger partial charge in [-0.2, -0.15) is 5.10 Å². The molecule has 84 valence electrons. The highest BCUT2D eigenvalue weighted by Crippen LogP contribution is 2.23. The number of aryl methyl sites for hydroxylation is 1. The molecule has 0 aliphatic carbocycles. The zero-order chi connectivity index (χ0) is 12.1. The lowest BCUT2D eigenvalue weighted by molar-refractivity contribution is 0.433. The fourth-order valence-corrected chi connectivity index (χ4v) is 1.23. The third-order valence-electron chi connectivity index (χ3n) is 2.30. The molecule has 0 saturated carbocycles. The molecule has 0 atom stereocenters. The van der Waals surface area contributed by atoms with Gasteiger partial charge in [-0.1, -0.05) is 31.4 Å². The van der Waals surface area contributed by atoms with E-state index in [-0.39, 0.29) is 5.88 Å². The molecule has 1 rings (SSSR count). The molecule has 1 heterocycles. The van der Waals surface area contributed by atoms with Crippen LogP contribution < -0.4 is 0 Å². The molecule has 1 aromatic heterocycles. The van der Waals surface area contributed by atoms with E-state index >= 15 is 0 Å². The summed E-state index contributed by atoms with van der Waals surface area (Å²) in [7, 11) is 0. The molecule has 16 heavy (non-hydrogen) atoms. The molecule has 0 radical (unpaired) electrons. The highest BCUT2D eigenvalue weighted by molar-refractivity contribution is 5.60. The Morgan fingerprint density at radius 1 is 1.31 bits per heavy atom. The molecule has 0 bridgehead atoms. The van der Waals surface area contributed by atoms with E-state index in [2.05, 4.69) is 18.3 Å². The fraction of sp³-hybridized carbons (Fsp3) is 0.154. The Kier molecular flexibility index (Phi) is 3.89. The Balaban J connectivity index is 3.18. The van der Waals surface area contributed by atoms with Gasteiger partial charge in [0, 0.05) is 5.56 Å². The SMILES string of the molecule is C=C/C=C\C=C(/C=C)n1nc(C)c(C)c1O. The average molecular weight is 216 g/mol. The van der Waals surface area contributed by atoms with Gasteiger partial charge in [0.05, 0.1) is 11.4 Å². The molecular weight excluding hydrogens is 200 g/mol. The predicted octanol–water partition coefficient (Wildman–Crippen LogP) is 2.97. The maximum Gasteiger partial charge on any atom is 0.217 e. The van der Waals surface area contributed by atoms with E-state index in [4.69, 9.17) is 0 Å². The van der Waals surface area contributed by atoms with Crippen molar-refractivity contribution in [2.45, 2.75) is 13.8 Å². The van der Waals surface area contributed by atoms with Gasteiger partial charge < -0.3 is 5.11 Å². The van der Waals surface area contributed by atoms with Gasteiger partial charge in [-0.15, -0.1) is 0 Å². The van der Waals surface area contributed by atoms with Crippen LogP contribution in [0.15, 0.2) is 43.5 Å². The van der Waals surface area contributed by atoms with Crippen LogP contribution in [0.1, 0.15) is 11.3 Å². The van der Waals surface area contributed by atoms with Crippen LogP contribution in [0.2, 0.25) is 0 Å². The van der Waals surface area contributed by atoms with Crippen molar-refractivity contribution in [3.05, 3.63) is 54.8 Å². The zero-order valence-electron chi connectivity index (χ0n) is 9.64. The van der Waals surface area contributed by atoms with Gasteiger partial charge >= 0.3 is 0 Å². The van der Waals surface area contributed by atoms with Crippen molar-refractivity contribution < 1.29 is 5.11 Å². The Morgan fingerprint density at radius 2 is 2.00 bits per heavy atom. The van der Waals surface area contributed by atoms with Crippen LogP contribution in [0.4, 0.5) is 0 Å². The smallest absolute Gasteiger partial charge is 0.217 e. The number of hydrogen-bond acceptors (Lipinski definition) is 2. The van der Waals surface area contributed by atoms with Crippen LogP contribution >= 0.6 is 0 Å². The minimum atomic E-state index is 0.149. The summed E-state index contributed by atoms with van der Waals surface area (Å²) >= 11 is 0. The van der Waals surface area contributed by atoms with Crippen molar-refractivity contribution in [2.24, 2.45) is 0 Å². The number of nitrogens with zero attached hydrogens (tertiary/aromatic N) is 2. The summed E-state index contributed by atoms with van der Waals surface area (Å²) in [5, 5.41) is 14.1. The Hall–Kier alpha value is -2.03. The van der Waals surface area contributed by atoms with Gasteiger partial charge in [0.25, 0.3) is 0 Å². The largest absolute Gasteiger partial charge is 0.493 e. The second-order valence-electron chi connectivity index (χ2n) is 3.36. The van der Waals surface area contributed by atoms with Gasteiger partial charge in [0.15, 0.2) is 0 Å². The van der Waals surface area contributed by atoms with Gasteiger partial charge in [-0.25, -0.2) is 4.68 Å². The van der Waals surface area contributed by atoms with Crippen molar-refractivity contribution in [1.82, 2.24) is 9.78 Å². The molecule has 0 unspecified atom stereocenters. The molecule has 1 N–H and O–H groups in total. The number of allylic oxidation sites excluding steroid dienone is 6. The molecule has 0 aliphatic heterocycles. The van der Waals surface area contributed by atoms with E-state index in [9.17, 15) is 5.11 Å². The first-order valence-electron chi connectivity index (χ1n) is 4.99. The number of aromatic nitrogens is 2. The lowest BCUT2D eigenvalue weighted by Gasteiger charge is -2.02. The van der Waals surface area contributed by atoms with Crippen LogP contribution in [-0.4, -0.2) is 14.9 Å². The van der Waals surface area contributed by atoms with Crippen molar-refractivity contribution in [3.63, 3.8) is 0 Å². The summed E-state index contributed by atoms with van der Waals surface area (Å²) in [6, 6.07) is 0. The van der Waals surface area contributed by atoms with Gasteiger partial charge in [-0.05, 0) is 26.0 Å². The Morgan fingerprint density at radius 3 is 2.44 bits per heavy atom. The van der Waals surface area contributed by atoms with Crippen LogP contribution in [0.5, 0.6) is 5.88 Å². The standard InChI is InChI=1S/C13H16N2O/c1-5-7-8-9-12(6-2)15-13(16)10(3)11(4)14-15/h5-9,16H,1-2H2,3-4H3/b8-7-,12-9+. The first-order chi connectivity index (χ1) is 7.61. The first-order valence-corrected chi connectivity index (χ1v) is 4.99. The molecule has 0 aromatic carbocycles. The quantitative estimate of drug-likeness (QED) is 0.786. The maximum absolute atomic E-state index is 9.84. The normalized spacial score (nSPS) is 12.0. The zero-order valence-corrected chi connectivity index (χ0v) is 9.64. The molecule has 0 amide bonds. The van der Waals surface area contributed by atoms with Crippen LogP contribution in [0.25, 0.3) is 5.70 Å². The second kappa shape index (κ2) is 5.16. The average Bonchev–Trinajstić information content (AvgIpc) is 2.53. The summed E-state index contributed by atoms with van der Waals surface area (Å²) < 4.78 is 1.46. The predicted molar refractivity (Wildman–Crippen MR) is 67.2 cm³/mol. The van der Waals surface area contributed by atoms with Crippen molar-refractivity contribution in [3.8, 4) is 5.88 Å². The summed E-state index contributed by atoms with van der Waals surface area (Å²) in [4.78, 5) is 0. The lowest BCUT2D eigenvalue weighted by atomic mass is 10.3. The summed E-state index contributed by atoms with van der Waals surface area (Å²) in [5.41, 5.74) is 2.30. The Labute approximate surface area is 95.7 Å². The molecule has 0 aliphatic rings. The highest BCUT2D eigenvalue weighted by Gasteiger charge is 2.10. The van der Waals surface area contributed by atoms with E-state index in [0.717, 1.165) is 11.3 Å². The van der Waals surface area contributed by atoms with E-state index in [1.165, 1.54) is 4.68 Å². The lowest BCUT2D eigenvalue weighted by Crippen LogP contribution is -1.96. The van der Waals surface area contributed by atoms with Gasteiger partial charge in [0.1, 0.15) is 0 Å². The fourth-order valence-electron chi connectivity index (χ4n) is 1.23. The minimum Gasteiger partial charge on any atom is -0.493 e. The molecular formula is C13H16N2O. The van der Waals surface area contributed by atoms with Crippen LogP contribution in [-0.2, 0) is 0 Å². The molecule has 0 saturated heterocycles. The third-order valence-corrected chi connectivity index (χ3v) is 2.30. The van der Waals surface area contributed by atoms with Gasteiger partial charge in [-0.3, -0.25) is 0 Å². The number of rotatable bonds is 4. The van der Waals surface area contributed by atoms with E-state index in [1.807, 2.05) is 19.9 Å². The maximum atomic E-state index is 9.84. The molecule has 0 spiro atoms. The number of hydrogen-bond donors (Lipinski definition) is 1.